The minimum atomic E-state index is -0.508. The summed E-state index contributed by atoms with van der Waals surface area (Å²) in [4.78, 5) is 18.4. The fourth-order valence-electron chi connectivity index (χ4n) is 2.96. The molecule has 0 N–H and O–H groups in total. The summed E-state index contributed by atoms with van der Waals surface area (Å²) in [5, 5.41) is -0.0177. The number of carbonyl (C=O) groups is 1. The topological polar surface area (TPSA) is 47.4 Å². The number of nitrogens with zero attached hydrogens (tertiary/aromatic N) is 3. The van der Waals surface area contributed by atoms with Crippen LogP contribution in [-0.4, -0.2) is 40.1 Å². The molecule has 1 aliphatic heterocycles. The van der Waals surface area contributed by atoms with Gasteiger partial charge in [0.2, 0.25) is 0 Å². The van der Waals surface area contributed by atoms with Crippen molar-refractivity contribution in [3.05, 3.63) is 47.3 Å². The molecule has 7 heteroatoms. The van der Waals surface area contributed by atoms with Gasteiger partial charge in [0.05, 0.1) is 5.02 Å². The van der Waals surface area contributed by atoms with Crippen molar-refractivity contribution < 1.29 is 13.9 Å². The summed E-state index contributed by atoms with van der Waals surface area (Å²) in [6, 6.07) is 4.06. The van der Waals surface area contributed by atoms with Crippen LogP contribution >= 0.6 is 11.6 Å². The van der Waals surface area contributed by atoms with E-state index in [-0.39, 0.29) is 17.5 Å². The molecule has 1 fully saturated rings. The molecule has 1 amide bonds. The lowest BCUT2D eigenvalue weighted by atomic mass is 9.96. The zero-order valence-corrected chi connectivity index (χ0v) is 14.2. The first-order chi connectivity index (χ1) is 11.5. The molecule has 0 unspecified atom stereocenters. The fraction of sp³-hybridized carbons (Fsp3) is 0.412. The summed E-state index contributed by atoms with van der Waals surface area (Å²) >= 11 is 5.70. The predicted molar refractivity (Wildman–Crippen MR) is 88.7 cm³/mol. The van der Waals surface area contributed by atoms with E-state index in [1.54, 1.807) is 11.1 Å². The van der Waals surface area contributed by atoms with Gasteiger partial charge in [-0.05, 0) is 25.0 Å². The number of likely N-dealkylation sites (tertiary alicyclic amines) is 1. The lowest BCUT2D eigenvalue weighted by molar-refractivity contribution is -0.134. The van der Waals surface area contributed by atoms with E-state index in [2.05, 4.69) is 4.98 Å². The quantitative estimate of drug-likeness (QED) is 0.850. The minimum Gasteiger partial charge on any atom is -0.484 e. The summed E-state index contributed by atoms with van der Waals surface area (Å²) < 4.78 is 20.5. The molecule has 0 aliphatic carbocycles. The Balaban J connectivity index is 1.50. The number of imidazole rings is 1. The Morgan fingerprint density at radius 1 is 1.42 bits per heavy atom. The van der Waals surface area contributed by atoms with Crippen molar-refractivity contribution in [2.75, 3.05) is 19.7 Å². The van der Waals surface area contributed by atoms with Gasteiger partial charge >= 0.3 is 0 Å². The number of piperidine rings is 1. The van der Waals surface area contributed by atoms with Crippen molar-refractivity contribution in [2.24, 2.45) is 7.05 Å². The first-order valence-corrected chi connectivity index (χ1v) is 8.25. The van der Waals surface area contributed by atoms with Crippen LogP contribution in [0.2, 0.25) is 5.02 Å². The van der Waals surface area contributed by atoms with Crippen molar-refractivity contribution in [1.29, 1.82) is 0 Å². The fourth-order valence-corrected chi connectivity index (χ4v) is 3.13. The Kier molecular flexibility index (Phi) is 5.04. The second-order valence-electron chi connectivity index (χ2n) is 5.92. The molecular weight excluding hydrogens is 333 g/mol. The highest BCUT2D eigenvalue weighted by Gasteiger charge is 2.26. The Labute approximate surface area is 145 Å². The summed E-state index contributed by atoms with van der Waals surface area (Å²) in [7, 11) is 1.99. The standard InChI is InChI=1S/C17H19ClFN3O2/c1-21-9-6-20-17(21)12-4-7-22(8-5-12)16(23)11-24-13-2-3-15(19)14(18)10-13/h2-3,6,9-10,12H,4-5,7-8,11H2,1H3. The molecule has 0 saturated carbocycles. The van der Waals surface area contributed by atoms with Crippen LogP contribution in [-0.2, 0) is 11.8 Å². The van der Waals surface area contributed by atoms with Crippen LogP contribution in [0, 0.1) is 5.82 Å². The molecule has 1 aromatic heterocycles. The minimum absolute atomic E-state index is 0.0177. The van der Waals surface area contributed by atoms with Crippen LogP contribution in [0.4, 0.5) is 4.39 Å². The predicted octanol–water partition coefficient (Wildman–Crippen LogP) is 3.00. The van der Waals surface area contributed by atoms with Gasteiger partial charge in [0, 0.05) is 44.5 Å². The molecule has 0 spiro atoms. The van der Waals surface area contributed by atoms with Crippen LogP contribution < -0.4 is 4.74 Å². The van der Waals surface area contributed by atoms with Crippen molar-refractivity contribution >= 4 is 17.5 Å². The van der Waals surface area contributed by atoms with Crippen molar-refractivity contribution in [3.63, 3.8) is 0 Å². The molecule has 5 nitrogen and oxygen atoms in total. The second-order valence-corrected chi connectivity index (χ2v) is 6.32. The Bertz CT molecular complexity index is 726. The first-order valence-electron chi connectivity index (χ1n) is 7.87. The molecule has 2 heterocycles. The molecule has 1 aromatic carbocycles. The molecule has 2 aromatic rings. The first kappa shape index (κ1) is 16.8. The molecule has 0 radical (unpaired) electrons. The lowest BCUT2D eigenvalue weighted by Crippen LogP contribution is -2.40. The SMILES string of the molecule is Cn1ccnc1C1CCN(C(=O)COc2ccc(F)c(Cl)c2)CC1. The molecule has 0 atom stereocenters. The smallest absolute Gasteiger partial charge is 0.260 e. The van der Waals surface area contributed by atoms with Crippen molar-refractivity contribution in [1.82, 2.24) is 14.5 Å². The van der Waals surface area contributed by atoms with E-state index in [1.165, 1.54) is 18.2 Å². The van der Waals surface area contributed by atoms with Crippen LogP contribution in [0.15, 0.2) is 30.6 Å². The molecule has 3 rings (SSSR count). The normalized spacial score (nSPS) is 15.5. The number of hydrogen-bond acceptors (Lipinski definition) is 3. The van der Waals surface area contributed by atoms with E-state index in [1.807, 2.05) is 17.8 Å². The third-order valence-corrected chi connectivity index (χ3v) is 4.61. The van der Waals surface area contributed by atoms with Gasteiger partial charge in [0.1, 0.15) is 17.4 Å². The van der Waals surface area contributed by atoms with Crippen LogP contribution in [0.3, 0.4) is 0 Å². The number of halogens is 2. The van der Waals surface area contributed by atoms with Gasteiger partial charge in [-0.25, -0.2) is 9.37 Å². The number of carbonyl (C=O) groups excluding carboxylic acids is 1. The number of rotatable bonds is 4. The van der Waals surface area contributed by atoms with Crippen LogP contribution in [0.25, 0.3) is 0 Å². The summed E-state index contributed by atoms with van der Waals surface area (Å²) in [6.07, 6.45) is 5.51. The maximum atomic E-state index is 13.1. The number of amides is 1. The van der Waals surface area contributed by atoms with Gasteiger partial charge in [-0.3, -0.25) is 4.79 Å². The number of aromatic nitrogens is 2. The maximum absolute atomic E-state index is 13.1. The number of aryl methyl sites for hydroxylation is 1. The van der Waals surface area contributed by atoms with E-state index in [0.717, 1.165) is 18.7 Å². The Hall–Kier alpha value is -2.08. The maximum Gasteiger partial charge on any atom is 0.260 e. The summed E-state index contributed by atoms with van der Waals surface area (Å²) in [6.45, 7) is 1.29. The van der Waals surface area contributed by atoms with Gasteiger partial charge in [0.25, 0.3) is 5.91 Å². The average molecular weight is 352 g/mol. The third-order valence-electron chi connectivity index (χ3n) is 4.32. The van der Waals surface area contributed by atoms with Crippen LogP contribution in [0.5, 0.6) is 5.75 Å². The molecule has 1 aliphatic rings. The van der Waals surface area contributed by atoms with Crippen molar-refractivity contribution in [2.45, 2.75) is 18.8 Å². The molecule has 0 bridgehead atoms. The summed E-state index contributed by atoms with van der Waals surface area (Å²) in [5.41, 5.74) is 0. The zero-order valence-electron chi connectivity index (χ0n) is 13.4. The average Bonchev–Trinajstić information content (AvgIpc) is 3.02. The van der Waals surface area contributed by atoms with E-state index in [0.29, 0.717) is 24.8 Å². The van der Waals surface area contributed by atoms with E-state index < -0.39 is 5.82 Å². The zero-order chi connectivity index (χ0) is 17.1. The van der Waals surface area contributed by atoms with Crippen molar-refractivity contribution in [3.8, 4) is 5.75 Å². The van der Waals surface area contributed by atoms with Gasteiger partial charge in [0.15, 0.2) is 6.61 Å². The number of ether oxygens (including phenoxy) is 1. The van der Waals surface area contributed by atoms with Gasteiger partial charge in [-0.1, -0.05) is 11.6 Å². The highest BCUT2D eigenvalue weighted by molar-refractivity contribution is 6.30. The van der Waals surface area contributed by atoms with E-state index in [9.17, 15) is 9.18 Å². The molecule has 128 valence electrons. The Morgan fingerprint density at radius 3 is 2.79 bits per heavy atom. The largest absolute Gasteiger partial charge is 0.484 e. The molecular formula is C17H19ClFN3O2. The lowest BCUT2D eigenvalue weighted by Gasteiger charge is -2.31. The van der Waals surface area contributed by atoms with E-state index in [4.69, 9.17) is 16.3 Å². The Morgan fingerprint density at radius 2 is 2.17 bits per heavy atom. The third kappa shape index (κ3) is 3.70. The molecule has 1 saturated heterocycles. The number of benzene rings is 1. The van der Waals surface area contributed by atoms with Gasteiger partial charge in [-0.15, -0.1) is 0 Å². The van der Waals surface area contributed by atoms with Crippen LogP contribution in [0.1, 0.15) is 24.6 Å². The van der Waals surface area contributed by atoms with E-state index >= 15 is 0 Å². The second kappa shape index (κ2) is 7.21. The highest BCUT2D eigenvalue weighted by atomic mass is 35.5. The van der Waals surface area contributed by atoms with Gasteiger partial charge in [-0.2, -0.15) is 0 Å². The van der Waals surface area contributed by atoms with Gasteiger partial charge < -0.3 is 14.2 Å². The number of hydrogen-bond donors (Lipinski definition) is 0. The summed E-state index contributed by atoms with van der Waals surface area (Å²) in [5.74, 6) is 1.25. The molecule has 24 heavy (non-hydrogen) atoms. The highest BCUT2D eigenvalue weighted by Crippen LogP contribution is 2.26. The monoisotopic (exact) mass is 351 g/mol.